The molecule has 2 aliphatic heterocycles. The molecule has 8 nitrogen and oxygen atoms in total. The Labute approximate surface area is 188 Å². The van der Waals surface area contributed by atoms with Crippen LogP contribution in [-0.2, 0) is 4.79 Å². The first-order chi connectivity index (χ1) is 15.3. The van der Waals surface area contributed by atoms with Crippen molar-refractivity contribution in [1.82, 2.24) is 24.5 Å². The molecule has 172 valence electrons. The van der Waals surface area contributed by atoms with Crippen molar-refractivity contribution in [3.05, 3.63) is 35.2 Å². The maximum absolute atomic E-state index is 13.9. The Morgan fingerprint density at radius 3 is 2.72 bits per heavy atom. The number of carbonyl (C=O) groups excluding carboxylic acids is 2. The van der Waals surface area contributed by atoms with E-state index in [2.05, 4.69) is 34.7 Å². The van der Waals surface area contributed by atoms with E-state index in [4.69, 9.17) is 9.51 Å². The van der Waals surface area contributed by atoms with E-state index in [-0.39, 0.29) is 17.7 Å². The van der Waals surface area contributed by atoms with Crippen LogP contribution in [0, 0.1) is 25.2 Å². The highest BCUT2D eigenvalue weighted by Gasteiger charge is 2.57. The molecule has 1 spiro atoms. The molecule has 4 heterocycles. The lowest BCUT2D eigenvalue weighted by Gasteiger charge is -2.42. The Kier molecular flexibility index (Phi) is 5.13. The van der Waals surface area contributed by atoms with E-state index < -0.39 is 5.41 Å². The largest absolute Gasteiger partial charge is 0.361 e. The number of hydrogen-bond acceptors (Lipinski definition) is 5. The second kappa shape index (κ2) is 7.74. The van der Waals surface area contributed by atoms with E-state index >= 15 is 0 Å². The predicted octanol–water partition coefficient (Wildman–Crippen LogP) is 3.33. The van der Waals surface area contributed by atoms with E-state index in [0.29, 0.717) is 42.1 Å². The summed E-state index contributed by atoms with van der Waals surface area (Å²) in [5, 5.41) is 3.97. The van der Waals surface area contributed by atoms with Gasteiger partial charge < -0.3 is 18.9 Å². The summed E-state index contributed by atoms with van der Waals surface area (Å²) in [4.78, 5) is 36.1. The number of likely N-dealkylation sites (tertiary alicyclic amines) is 2. The Morgan fingerprint density at radius 1 is 1.31 bits per heavy atom. The second-order valence-electron chi connectivity index (χ2n) is 10.2. The summed E-state index contributed by atoms with van der Waals surface area (Å²) in [5.74, 6) is 1.17. The highest BCUT2D eigenvalue weighted by molar-refractivity contribution is 5.97. The fourth-order valence-electron chi connectivity index (χ4n) is 5.57. The van der Waals surface area contributed by atoms with Crippen molar-refractivity contribution in [1.29, 1.82) is 0 Å². The van der Waals surface area contributed by atoms with Crippen LogP contribution in [0.1, 0.15) is 79.0 Å². The number of imidazole rings is 1. The molecule has 0 N–H and O–H groups in total. The molecule has 8 heteroatoms. The predicted molar refractivity (Wildman–Crippen MR) is 118 cm³/mol. The minimum absolute atomic E-state index is 0.0986. The zero-order valence-corrected chi connectivity index (χ0v) is 19.5. The van der Waals surface area contributed by atoms with Crippen LogP contribution in [0.5, 0.6) is 0 Å². The van der Waals surface area contributed by atoms with Crippen molar-refractivity contribution >= 4 is 11.8 Å². The number of aromatic nitrogens is 3. The molecule has 0 aromatic carbocycles. The number of carbonyl (C=O) groups is 2. The van der Waals surface area contributed by atoms with Gasteiger partial charge in [0, 0.05) is 44.3 Å². The second-order valence-corrected chi connectivity index (χ2v) is 10.2. The van der Waals surface area contributed by atoms with E-state index in [0.717, 1.165) is 31.6 Å². The number of hydrogen-bond donors (Lipinski definition) is 0. The Hall–Kier alpha value is -2.64. The van der Waals surface area contributed by atoms with Crippen molar-refractivity contribution < 1.29 is 14.1 Å². The summed E-state index contributed by atoms with van der Waals surface area (Å²) in [7, 11) is 0. The van der Waals surface area contributed by atoms with Crippen LogP contribution >= 0.6 is 0 Å². The zero-order chi connectivity index (χ0) is 22.6. The average molecular weight is 440 g/mol. The normalized spacial score (nSPS) is 26.0. The summed E-state index contributed by atoms with van der Waals surface area (Å²) in [6.45, 7) is 10.4. The van der Waals surface area contributed by atoms with Gasteiger partial charge in [-0.05, 0) is 59.3 Å². The number of piperidine rings is 1. The number of nitrogens with zero attached hydrogens (tertiary/aromatic N) is 5. The lowest BCUT2D eigenvalue weighted by Crippen LogP contribution is -2.53. The Bertz CT molecular complexity index is 1020. The van der Waals surface area contributed by atoms with Crippen LogP contribution in [-0.4, -0.2) is 62.5 Å². The monoisotopic (exact) mass is 439 g/mol. The summed E-state index contributed by atoms with van der Waals surface area (Å²) < 4.78 is 7.34. The van der Waals surface area contributed by atoms with E-state index in [1.807, 2.05) is 11.2 Å². The lowest BCUT2D eigenvalue weighted by molar-refractivity contribution is -0.146. The number of aryl methyl sites for hydroxylation is 2. The molecule has 0 bridgehead atoms. The fourth-order valence-corrected chi connectivity index (χ4v) is 5.57. The Balaban J connectivity index is 1.51. The van der Waals surface area contributed by atoms with Gasteiger partial charge in [0.25, 0.3) is 5.91 Å². The SMILES string of the molecule is Cc1noc(C)c1C(=O)N1C[C@@H](c2cn(C(C)C)cn2)[C@@]2(CCCN(CC3CC3)C2=O)C1. The quantitative estimate of drug-likeness (QED) is 0.714. The fraction of sp³-hybridized carbons (Fsp3) is 0.667. The van der Waals surface area contributed by atoms with Crippen LogP contribution in [0.3, 0.4) is 0 Å². The molecule has 0 unspecified atom stereocenters. The minimum Gasteiger partial charge on any atom is -0.361 e. The van der Waals surface area contributed by atoms with Gasteiger partial charge in [-0.25, -0.2) is 4.98 Å². The molecule has 1 saturated carbocycles. The molecule has 2 aromatic heterocycles. The standard InChI is InChI=1S/C24H33N5O3/c1-15(2)29-12-20(25-14-29)19-11-28(22(30)21-16(3)26-32-17(21)4)13-24(19)8-5-9-27(23(24)31)10-18-6-7-18/h12,14-15,18-19H,5-11,13H2,1-4H3/t19-,24+/m0/s1. The van der Waals surface area contributed by atoms with E-state index in [9.17, 15) is 9.59 Å². The third kappa shape index (κ3) is 3.44. The van der Waals surface area contributed by atoms with Gasteiger partial charge in [0.15, 0.2) is 0 Å². The molecule has 5 rings (SSSR count). The molecule has 32 heavy (non-hydrogen) atoms. The van der Waals surface area contributed by atoms with Crippen LogP contribution in [0.15, 0.2) is 17.0 Å². The van der Waals surface area contributed by atoms with Crippen LogP contribution in [0.4, 0.5) is 0 Å². The van der Waals surface area contributed by atoms with Crippen LogP contribution in [0.25, 0.3) is 0 Å². The molecule has 3 aliphatic rings. The van der Waals surface area contributed by atoms with Gasteiger partial charge in [-0.1, -0.05) is 5.16 Å². The van der Waals surface area contributed by atoms with Gasteiger partial charge in [0.05, 0.1) is 23.1 Å². The smallest absolute Gasteiger partial charge is 0.259 e. The molecular weight excluding hydrogens is 406 g/mol. The van der Waals surface area contributed by atoms with Crippen molar-refractivity contribution in [3.63, 3.8) is 0 Å². The summed E-state index contributed by atoms with van der Waals surface area (Å²) in [6, 6.07) is 0.294. The van der Waals surface area contributed by atoms with Crippen molar-refractivity contribution in [3.8, 4) is 0 Å². The third-order valence-corrected chi connectivity index (χ3v) is 7.59. The van der Waals surface area contributed by atoms with E-state index in [1.165, 1.54) is 12.8 Å². The Morgan fingerprint density at radius 2 is 2.09 bits per heavy atom. The molecule has 2 aromatic rings. The molecule has 1 aliphatic carbocycles. The molecule has 0 radical (unpaired) electrons. The maximum atomic E-state index is 13.9. The van der Waals surface area contributed by atoms with Gasteiger partial charge in [-0.3, -0.25) is 9.59 Å². The highest BCUT2D eigenvalue weighted by Crippen LogP contribution is 2.50. The van der Waals surface area contributed by atoms with Crippen LogP contribution < -0.4 is 0 Å². The molecule has 2 amide bonds. The molecular formula is C24H33N5O3. The molecule has 2 saturated heterocycles. The van der Waals surface area contributed by atoms with Gasteiger partial charge in [0.2, 0.25) is 5.91 Å². The molecule has 2 atom stereocenters. The van der Waals surface area contributed by atoms with Crippen molar-refractivity contribution in [2.24, 2.45) is 11.3 Å². The van der Waals surface area contributed by atoms with Crippen molar-refractivity contribution in [2.75, 3.05) is 26.2 Å². The maximum Gasteiger partial charge on any atom is 0.259 e. The first kappa shape index (κ1) is 21.2. The van der Waals surface area contributed by atoms with Gasteiger partial charge in [-0.2, -0.15) is 0 Å². The molecule has 3 fully saturated rings. The summed E-state index contributed by atoms with van der Waals surface area (Å²) >= 11 is 0. The topological polar surface area (TPSA) is 84.5 Å². The van der Waals surface area contributed by atoms with Gasteiger partial charge >= 0.3 is 0 Å². The highest BCUT2D eigenvalue weighted by atomic mass is 16.5. The van der Waals surface area contributed by atoms with Gasteiger partial charge in [-0.15, -0.1) is 0 Å². The summed E-state index contributed by atoms with van der Waals surface area (Å²) in [6.07, 6.45) is 8.10. The summed E-state index contributed by atoms with van der Waals surface area (Å²) in [5.41, 5.74) is 1.41. The van der Waals surface area contributed by atoms with E-state index in [1.54, 1.807) is 13.8 Å². The average Bonchev–Trinajstić information content (AvgIpc) is 3.15. The van der Waals surface area contributed by atoms with Crippen LogP contribution in [0.2, 0.25) is 0 Å². The first-order valence-electron chi connectivity index (χ1n) is 11.8. The number of amides is 2. The first-order valence-corrected chi connectivity index (χ1v) is 11.8. The third-order valence-electron chi connectivity index (χ3n) is 7.59. The zero-order valence-electron chi connectivity index (χ0n) is 19.5. The number of rotatable bonds is 5. The lowest BCUT2D eigenvalue weighted by atomic mass is 9.70. The van der Waals surface area contributed by atoms with Crippen molar-refractivity contribution in [2.45, 2.75) is 65.3 Å². The minimum atomic E-state index is -0.613. The van der Waals surface area contributed by atoms with Gasteiger partial charge in [0.1, 0.15) is 11.3 Å².